The van der Waals surface area contributed by atoms with E-state index in [1.165, 1.54) is 5.56 Å². The molecule has 1 aliphatic rings. The monoisotopic (exact) mass is 339 g/mol. The van der Waals surface area contributed by atoms with Crippen LogP contribution in [0.1, 0.15) is 22.3 Å². The average Bonchev–Trinajstić information content (AvgIpc) is 3.04. The highest BCUT2D eigenvalue weighted by Gasteiger charge is 2.25. The van der Waals surface area contributed by atoms with Crippen LogP contribution < -0.4 is 10.5 Å². The maximum Gasteiger partial charge on any atom is 0.253 e. The number of nitrogens with zero attached hydrogens (tertiary/aromatic N) is 2. The van der Waals surface area contributed by atoms with Gasteiger partial charge in [-0.1, -0.05) is 30.3 Å². The number of anilines is 1. The number of carbonyl (C=O) groups is 1. The number of nitrogens with two attached hydrogens (primary N) is 1. The summed E-state index contributed by atoms with van der Waals surface area (Å²) in [5.74, 6) is 0.543. The molecule has 0 spiro atoms. The number of benzene rings is 2. The van der Waals surface area contributed by atoms with Crippen molar-refractivity contribution in [1.29, 1.82) is 0 Å². The third-order valence-electron chi connectivity index (χ3n) is 4.44. The van der Waals surface area contributed by atoms with Gasteiger partial charge in [-0.25, -0.2) is 0 Å². The van der Waals surface area contributed by atoms with Gasteiger partial charge in [0.1, 0.15) is 11.9 Å². The lowest BCUT2D eigenvalue weighted by Gasteiger charge is -2.18. The Morgan fingerprint density at radius 1 is 1.24 bits per heavy atom. The van der Waals surface area contributed by atoms with Gasteiger partial charge in [-0.15, -0.1) is 0 Å². The number of nitrogen functional groups attached to an aromatic ring is 1. The molecule has 132 valence electrons. The lowest BCUT2D eigenvalue weighted by Crippen LogP contribution is -2.25. The minimum atomic E-state index is -0.0537. The summed E-state index contributed by atoms with van der Waals surface area (Å²) >= 11 is 0. The molecule has 1 aliphatic heterocycles. The first kappa shape index (κ1) is 17.3. The minimum absolute atomic E-state index is 0.0537. The van der Waals surface area contributed by atoms with Crippen LogP contribution in [0.2, 0.25) is 0 Å². The topological polar surface area (TPSA) is 58.8 Å². The van der Waals surface area contributed by atoms with Crippen LogP contribution >= 0.6 is 0 Å². The van der Waals surface area contributed by atoms with Crippen LogP contribution in [-0.2, 0) is 6.54 Å². The SMILES string of the molecule is CN(C)C(=O)c1ccc(N)c(OC2CCN(Cc3ccccc3)C2)c1. The quantitative estimate of drug-likeness (QED) is 0.851. The van der Waals surface area contributed by atoms with E-state index in [2.05, 4.69) is 29.2 Å². The van der Waals surface area contributed by atoms with Crippen LogP contribution in [0.25, 0.3) is 0 Å². The molecule has 1 heterocycles. The molecule has 1 atom stereocenters. The summed E-state index contributed by atoms with van der Waals surface area (Å²) in [4.78, 5) is 16.0. The lowest BCUT2D eigenvalue weighted by atomic mass is 10.1. The highest BCUT2D eigenvalue weighted by atomic mass is 16.5. The van der Waals surface area contributed by atoms with Crippen LogP contribution in [-0.4, -0.2) is 49.0 Å². The molecule has 1 saturated heterocycles. The number of rotatable bonds is 5. The van der Waals surface area contributed by atoms with Crippen molar-refractivity contribution >= 4 is 11.6 Å². The Kier molecular flexibility index (Phi) is 5.24. The predicted octanol–water partition coefficient (Wildman–Crippen LogP) is 2.62. The number of amides is 1. The Morgan fingerprint density at radius 2 is 2.00 bits per heavy atom. The van der Waals surface area contributed by atoms with Crippen LogP contribution in [0.5, 0.6) is 5.75 Å². The molecule has 0 saturated carbocycles. The first-order valence-corrected chi connectivity index (χ1v) is 8.57. The number of hydrogen-bond donors (Lipinski definition) is 1. The zero-order valence-corrected chi connectivity index (χ0v) is 14.8. The first-order valence-electron chi connectivity index (χ1n) is 8.57. The molecule has 5 heteroatoms. The molecule has 2 N–H and O–H groups in total. The normalized spacial score (nSPS) is 17.4. The van der Waals surface area contributed by atoms with Crippen LogP contribution in [0, 0.1) is 0 Å². The standard InChI is InChI=1S/C20H25N3O2/c1-22(2)20(24)16-8-9-18(21)19(12-16)25-17-10-11-23(14-17)13-15-6-4-3-5-7-15/h3-9,12,17H,10-11,13-14,21H2,1-2H3. The summed E-state index contributed by atoms with van der Waals surface area (Å²) < 4.78 is 6.11. The smallest absolute Gasteiger partial charge is 0.253 e. The van der Waals surface area contributed by atoms with E-state index in [9.17, 15) is 4.79 Å². The molecular weight excluding hydrogens is 314 g/mol. The zero-order chi connectivity index (χ0) is 17.8. The molecular formula is C20H25N3O2. The molecule has 0 aromatic heterocycles. The van der Waals surface area contributed by atoms with E-state index in [0.717, 1.165) is 26.1 Å². The molecule has 5 nitrogen and oxygen atoms in total. The maximum absolute atomic E-state index is 12.1. The summed E-state index contributed by atoms with van der Waals surface area (Å²) in [6.45, 7) is 2.78. The molecule has 1 amide bonds. The van der Waals surface area contributed by atoms with Crippen molar-refractivity contribution in [3.63, 3.8) is 0 Å². The Morgan fingerprint density at radius 3 is 2.72 bits per heavy atom. The van der Waals surface area contributed by atoms with E-state index in [-0.39, 0.29) is 12.0 Å². The van der Waals surface area contributed by atoms with Crippen molar-refractivity contribution in [3.05, 3.63) is 59.7 Å². The van der Waals surface area contributed by atoms with Gasteiger partial charge in [0.15, 0.2) is 0 Å². The Labute approximate surface area is 149 Å². The average molecular weight is 339 g/mol. The molecule has 1 unspecified atom stereocenters. The van der Waals surface area contributed by atoms with Crippen molar-refractivity contribution < 1.29 is 9.53 Å². The van der Waals surface area contributed by atoms with Gasteiger partial charge in [0.25, 0.3) is 5.91 Å². The molecule has 2 aromatic rings. The molecule has 0 bridgehead atoms. The van der Waals surface area contributed by atoms with Crippen molar-refractivity contribution in [1.82, 2.24) is 9.80 Å². The van der Waals surface area contributed by atoms with Gasteiger partial charge in [0.05, 0.1) is 5.69 Å². The summed E-state index contributed by atoms with van der Waals surface area (Å²) in [5, 5.41) is 0. The fourth-order valence-corrected chi connectivity index (χ4v) is 3.09. The lowest BCUT2D eigenvalue weighted by molar-refractivity contribution is 0.0827. The molecule has 0 aliphatic carbocycles. The van der Waals surface area contributed by atoms with Crippen LogP contribution in [0.3, 0.4) is 0 Å². The van der Waals surface area contributed by atoms with Gasteiger partial charge in [0, 0.05) is 39.3 Å². The molecule has 2 aromatic carbocycles. The van der Waals surface area contributed by atoms with E-state index in [4.69, 9.17) is 10.5 Å². The van der Waals surface area contributed by atoms with E-state index < -0.39 is 0 Å². The Balaban J connectivity index is 1.63. The number of ether oxygens (including phenoxy) is 1. The summed E-state index contributed by atoms with van der Waals surface area (Å²) in [7, 11) is 3.47. The highest BCUT2D eigenvalue weighted by Crippen LogP contribution is 2.27. The highest BCUT2D eigenvalue weighted by molar-refractivity contribution is 5.94. The van der Waals surface area contributed by atoms with Crippen LogP contribution in [0.15, 0.2) is 48.5 Å². The first-order chi connectivity index (χ1) is 12.0. The maximum atomic E-state index is 12.1. The zero-order valence-electron chi connectivity index (χ0n) is 14.8. The van der Waals surface area contributed by atoms with Crippen molar-refractivity contribution in [2.45, 2.75) is 19.1 Å². The Bertz CT molecular complexity index is 731. The van der Waals surface area contributed by atoms with Gasteiger partial charge in [-0.3, -0.25) is 9.69 Å². The second-order valence-electron chi connectivity index (χ2n) is 6.70. The third kappa shape index (κ3) is 4.31. The fraction of sp³-hybridized carbons (Fsp3) is 0.350. The number of hydrogen-bond acceptors (Lipinski definition) is 4. The molecule has 1 fully saturated rings. The van der Waals surface area contributed by atoms with Crippen LogP contribution in [0.4, 0.5) is 5.69 Å². The van der Waals surface area contributed by atoms with Gasteiger partial charge >= 0.3 is 0 Å². The van der Waals surface area contributed by atoms with Crippen molar-refractivity contribution in [2.24, 2.45) is 0 Å². The predicted molar refractivity (Wildman–Crippen MR) is 99.6 cm³/mol. The van der Waals surface area contributed by atoms with Gasteiger partial charge in [-0.05, 0) is 30.2 Å². The summed E-state index contributed by atoms with van der Waals surface area (Å²) in [6, 6.07) is 15.7. The van der Waals surface area contributed by atoms with Gasteiger partial charge in [0.2, 0.25) is 0 Å². The van der Waals surface area contributed by atoms with Crippen molar-refractivity contribution in [3.8, 4) is 5.75 Å². The molecule has 3 rings (SSSR count). The molecule has 0 radical (unpaired) electrons. The second kappa shape index (κ2) is 7.57. The fourth-order valence-electron chi connectivity index (χ4n) is 3.09. The minimum Gasteiger partial charge on any atom is -0.487 e. The van der Waals surface area contributed by atoms with E-state index in [0.29, 0.717) is 17.0 Å². The Hall–Kier alpha value is -2.53. The van der Waals surface area contributed by atoms with Gasteiger partial charge < -0.3 is 15.4 Å². The van der Waals surface area contributed by atoms with E-state index in [1.54, 1.807) is 37.2 Å². The van der Waals surface area contributed by atoms with Gasteiger partial charge in [-0.2, -0.15) is 0 Å². The largest absolute Gasteiger partial charge is 0.487 e. The number of carbonyl (C=O) groups excluding carboxylic acids is 1. The third-order valence-corrected chi connectivity index (χ3v) is 4.44. The molecule has 25 heavy (non-hydrogen) atoms. The van der Waals surface area contributed by atoms with Crippen molar-refractivity contribution in [2.75, 3.05) is 32.9 Å². The second-order valence-corrected chi connectivity index (χ2v) is 6.70. The summed E-state index contributed by atoms with van der Waals surface area (Å²) in [6.07, 6.45) is 1.05. The van der Waals surface area contributed by atoms with E-state index in [1.807, 2.05) is 6.07 Å². The van der Waals surface area contributed by atoms with E-state index >= 15 is 0 Å². The number of likely N-dealkylation sites (tertiary alicyclic amines) is 1. The summed E-state index contributed by atoms with van der Waals surface area (Å²) in [5.41, 5.74) is 8.50.